The van der Waals surface area contributed by atoms with Gasteiger partial charge in [-0.3, -0.25) is 4.79 Å². The van der Waals surface area contributed by atoms with Crippen LogP contribution >= 0.6 is 0 Å². The second-order valence-corrected chi connectivity index (χ2v) is 10.1. The summed E-state index contributed by atoms with van der Waals surface area (Å²) in [5.41, 5.74) is 6.91. The van der Waals surface area contributed by atoms with Gasteiger partial charge in [-0.25, -0.2) is 9.67 Å². The summed E-state index contributed by atoms with van der Waals surface area (Å²) in [6.45, 7) is 8.66. The fourth-order valence-electron chi connectivity index (χ4n) is 4.97. The number of rotatable bonds is 2. The third-order valence-electron chi connectivity index (χ3n) is 6.76. The normalized spacial score (nSPS) is 16.7. The first-order chi connectivity index (χ1) is 16.8. The van der Waals surface area contributed by atoms with Crippen molar-refractivity contribution in [3.8, 4) is 5.69 Å². The molecule has 6 heteroatoms. The van der Waals surface area contributed by atoms with E-state index in [9.17, 15) is 4.79 Å². The maximum absolute atomic E-state index is 13.3. The van der Waals surface area contributed by atoms with Crippen LogP contribution in [0, 0.1) is 6.92 Å². The molecule has 6 rings (SSSR count). The molecule has 4 aromatic rings. The van der Waals surface area contributed by atoms with E-state index in [0.29, 0.717) is 11.7 Å². The second-order valence-electron chi connectivity index (χ2n) is 10.1. The number of hydrogen-bond donors (Lipinski definition) is 1. The number of aryl methyl sites for hydroxylation is 1. The third kappa shape index (κ3) is 3.36. The molecule has 3 aromatic carbocycles. The molecule has 6 nitrogen and oxygen atoms in total. The Morgan fingerprint density at radius 3 is 2.29 bits per heavy atom. The number of carbonyl (C=O) groups excluding carboxylic acids is 1. The van der Waals surface area contributed by atoms with Gasteiger partial charge in [0.15, 0.2) is 5.82 Å². The minimum absolute atomic E-state index is 0.0502. The van der Waals surface area contributed by atoms with E-state index >= 15 is 0 Å². The van der Waals surface area contributed by atoms with Crippen molar-refractivity contribution >= 4 is 28.9 Å². The molecule has 1 amide bonds. The number of nitrogens with one attached hydrogen (secondary N) is 1. The summed E-state index contributed by atoms with van der Waals surface area (Å²) >= 11 is 0. The lowest BCUT2D eigenvalue weighted by molar-refractivity contribution is -0.110. The smallest absolute Gasteiger partial charge is 0.291 e. The van der Waals surface area contributed by atoms with Crippen LogP contribution in [0.15, 0.2) is 83.9 Å². The van der Waals surface area contributed by atoms with Gasteiger partial charge >= 0.3 is 0 Å². The van der Waals surface area contributed by atoms with E-state index in [1.54, 1.807) is 0 Å². The van der Waals surface area contributed by atoms with Crippen molar-refractivity contribution in [2.24, 2.45) is 4.99 Å². The molecule has 1 aromatic heterocycles. The van der Waals surface area contributed by atoms with Crippen molar-refractivity contribution in [2.45, 2.75) is 39.2 Å². The molecular formula is C29H27N5O. The minimum atomic E-state index is -0.240. The average Bonchev–Trinajstić information content (AvgIpc) is 3.19. The topological polar surface area (TPSA) is 62.5 Å². The van der Waals surface area contributed by atoms with Crippen molar-refractivity contribution < 1.29 is 4.79 Å². The van der Waals surface area contributed by atoms with Crippen LogP contribution in [-0.4, -0.2) is 21.5 Å². The van der Waals surface area contributed by atoms with Crippen LogP contribution in [0.3, 0.4) is 0 Å². The van der Waals surface area contributed by atoms with Crippen LogP contribution in [0.4, 0.5) is 17.2 Å². The van der Waals surface area contributed by atoms with Crippen LogP contribution < -0.4 is 10.2 Å². The predicted molar refractivity (Wildman–Crippen MR) is 140 cm³/mol. The zero-order valence-electron chi connectivity index (χ0n) is 20.3. The van der Waals surface area contributed by atoms with Crippen molar-refractivity contribution in [1.29, 1.82) is 0 Å². The largest absolute Gasteiger partial charge is 0.317 e. The Balaban J connectivity index is 1.62. The number of para-hydroxylation sites is 3. The van der Waals surface area contributed by atoms with Crippen LogP contribution in [0.25, 0.3) is 5.69 Å². The first-order valence-corrected chi connectivity index (χ1v) is 11.9. The number of hydrogen-bond acceptors (Lipinski definition) is 4. The summed E-state index contributed by atoms with van der Waals surface area (Å²) in [5.74, 6) is 0.849. The Kier molecular flexibility index (Phi) is 4.68. The molecule has 0 fully saturated rings. The first kappa shape index (κ1) is 21.4. The molecular weight excluding hydrogens is 434 g/mol. The zero-order chi connectivity index (χ0) is 24.3. The predicted octanol–water partition coefficient (Wildman–Crippen LogP) is 6.07. The highest BCUT2D eigenvalue weighted by atomic mass is 16.2. The van der Waals surface area contributed by atoms with E-state index < -0.39 is 0 Å². The molecule has 35 heavy (non-hydrogen) atoms. The van der Waals surface area contributed by atoms with Gasteiger partial charge in [0.05, 0.1) is 28.8 Å². The lowest BCUT2D eigenvalue weighted by Gasteiger charge is -2.40. The van der Waals surface area contributed by atoms with E-state index in [0.717, 1.165) is 33.9 Å². The molecule has 0 saturated heterocycles. The standard InChI is InChI=1S/C29H27N5O/c1-18-24-25(19-14-16-20(17-15-19)29(2,3)4)33-23-13-9-8-12-22(23)30-28(35)27(33)31-26(24)34(32-18)21-10-6-5-7-11-21/h5-17,25H,1-4H3,(H,30,35)/t25-/m0/s1. The quantitative estimate of drug-likeness (QED) is 0.394. The van der Waals surface area contributed by atoms with Gasteiger partial charge < -0.3 is 10.2 Å². The molecule has 0 saturated carbocycles. The fraction of sp³-hybridized carbons (Fsp3) is 0.207. The number of amides is 1. The molecule has 1 atom stereocenters. The number of aromatic nitrogens is 2. The number of aliphatic imine (C=N–C) groups is 1. The zero-order valence-corrected chi connectivity index (χ0v) is 20.3. The second kappa shape index (κ2) is 7.67. The summed E-state index contributed by atoms with van der Waals surface area (Å²) < 4.78 is 1.85. The van der Waals surface area contributed by atoms with E-state index in [1.807, 2.05) is 66.2 Å². The van der Waals surface area contributed by atoms with Crippen molar-refractivity contribution in [2.75, 3.05) is 10.2 Å². The molecule has 0 bridgehead atoms. The molecule has 0 spiro atoms. The average molecular weight is 462 g/mol. The highest BCUT2D eigenvalue weighted by Crippen LogP contribution is 2.47. The Morgan fingerprint density at radius 1 is 0.886 bits per heavy atom. The van der Waals surface area contributed by atoms with Crippen LogP contribution in [0.2, 0.25) is 0 Å². The minimum Gasteiger partial charge on any atom is -0.317 e. The summed E-state index contributed by atoms with van der Waals surface area (Å²) in [6.07, 6.45) is 0. The summed E-state index contributed by atoms with van der Waals surface area (Å²) in [5, 5.41) is 7.90. The molecule has 2 aliphatic rings. The highest BCUT2D eigenvalue weighted by molar-refractivity contribution is 6.50. The maximum atomic E-state index is 13.3. The first-order valence-electron chi connectivity index (χ1n) is 11.9. The third-order valence-corrected chi connectivity index (χ3v) is 6.76. The van der Waals surface area contributed by atoms with Gasteiger partial charge in [-0.05, 0) is 47.7 Å². The number of fused-ring (bicyclic) bond motifs is 4. The molecule has 2 aliphatic heterocycles. The summed E-state index contributed by atoms with van der Waals surface area (Å²) in [6, 6.07) is 26.3. The fourth-order valence-corrected chi connectivity index (χ4v) is 4.97. The molecule has 0 aliphatic carbocycles. The lowest BCUT2D eigenvalue weighted by Crippen LogP contribution is -2.48. The van der Waals surface area contributed by atoms with Gasteiger partial charge in [0.1, 0.15) is 0 Å². The van der Waals surface area contributed by atoms with Crippen molar-refractivity contribution in [1.82, 2.24) is 9.78 Å². The van der Waals surface area contributed by atoms with Gasteiger partial charge in [-0.15, -0.1) is 0 Å². The SMILES string of the molecule is Cc1nn(-c2ccccc2)c2c1[C@H](c1ccc(C(C)(C)C)cc1)N1C(=N2)C(=O)Nc2ccccc21. The molecule has 174 valence electrons. The number of benzene rings is 3. The van der Waals surface area contributed by atoms with Crippen molar-refractivity contribution in [3.05, 3.63) is 101 Å². The van der Waals surface area contributed by atoms with Gasteiger partial charge in [-0.2, -0.15) is 5.10 Å². The van der Waals surface area contributed by atoms with Gasteiger partial charge in [0.2, 0.25) is 5.84 Å². The Morgan fingerprint density at radius 2 is 1.57 bits per heavy atom. The maximum Gasteiger partial charge on any atom is 0.291 e. The lowest BCUT2D eigenvalue weighted by atomic mass is 9.85. The Bertz CT molecular complexity index is 1480. The summed E-state index contributed by atoms with van der Waals surface area (Å²) in [7, 11) is 0. The number of nitrogens with zero attached hydrogens (tertiary/aromatic N) is 4. The van der Waals surface area contributed by atoms with Crippen molar-refractivity contribution in [3.63, 3.8) is 0 Å². The van der Waals surface area contributed by atoms with E-state index in [-0.39, 0.29) is 17.4 Å². The monoisotopic (exact) mass is 461 g/mol. The number of amidine groups is 1. The van der Waals surface area contributed by atoms with E-state index in [4.69, 9.17) is 10.1 Å². The molecule has 1 N–H and O–H groups in total. The van der Waals surface area contributed by atoms with Gasteiger partial charge in [-0.1, -0.05) is 75.4 Å². The Labute approximate surface area is 204 Å². The van der Waals surface area contributed by atoms with Gasteiger partial charge in [0, 0.05) is 5.56 Å². The molecule has 0 radical (unpaired) electrons. The van der Waals surface area contributed by atoms with E-state index in [2.05, 4.69) is 55.3 Å². The highest BCUT2D eigenvalue weighted by Gasteiger charge is 2.42. The van der Waals surface area contributed by atoms with Gasteiger partial charge in [0.25, 0.3) is 5.91 Å². The molecule has 3 heterocycles. The van der Waals surface area contributed by atoms with Crippen LogP contribution in [-0.2, 0) is 10.2 Å². The number of anilines is 2. The summed E-state index contributed by atoms with van der Waals surface area (Å²) in [4.78, 5) is 20.3. The number of carbonyl (C=O) groups is 1. The van der Waals surface area contributed by atoms with E-state index in [1.165, 1.54) is 5.56 Å². The van der Waals surface area contributed by atoms with Crippen LogP contribution in [0.1, 0.15) is 49.2 Å². The Hall–Kier alpha value is -4.19. The van der Waals surface area contributed by atoms with Crippen LogP contribution in [0.5, 0.6) is 0 Å². The molecule has 0 unspecified atom stereocenters.